The first-order valence-electron chi connectivity index (χ1n) is 9.10. The van der Waals surface area contributed by atoms with Crippen molar-refractivity contribution in [3.63, 3.8) is 0 Å². The molecular weight excluding hydrogens is 300 g/mol. The van der Waals surface area contributed by atoms with Crippen molar-refractivity contribution in [2.75, 3.05) is 0 Å². The van der Waals surface area contributed by atoms with Crippen molar-refractivity contribution in [1.29, 1.82) is 0 Å². The van der Waals surface area contributed by atoms with Crippen molar-refractivity contribution < 1.29 is 0 Å². The van der Waals surface area contributed by atoms with Crippen LogP contribution in [0.1, 0.15) is 30.4 Å². The molecule has 0 radical (unpaired) electrons. The van der Waals surface area contributed by atoms with Gasteiger partial charge in [-0.25, -0.2) is 0 Å². The third-order valence-corrected chi connectivity index (χ3v) is 5.39. The molecule has 0 nitrogen and oxygen atoms in total. The summed E-state index contributed by atoms with van der Waals surface area (Å²) >= 11 is 0. The zero-order chi connectivity index (χ0) is 16.6. The van der Waals surface area contributed by atoms with Crippen LogP contribution in [0.3, 0.4) is 0 Å². The van der Waals surface area contributed by atoms with E-state index in [1.807, 2.05) is 0 Å². The Balaban J connectivity index is 1.94. The van der Waals surface area contributed by atoms with E-state index in [4.69, 9.17) is 0 Å². The monoisotopic (exact) mass is 320 g/mol. The standard InChI is InChI=1S/C25H20/c1-2-9-18(10-3-1)24(19-13-8-14-19)25-22-15-6-4-11-20(22)17-21-12-5-7-16-23(21)25/h1-7,9-12,15-17H,8,13-14H2. The van der Waals surface area contributed by atoms with Gasteiger partial charge < -0.3 is 0 Å². The van der Waals surface area contributed by atoms with Crippen LogP contribution >= 0.6 is 0 Å². The Morgan fingerprint density at radius 3 is 1.72 bits per heavy atom. The molecule has 120 valence electrons. The van der Waals surface area contributed by atoms with E-state index in [0.29, 0.717) is 0 Å². The summed E-state index contributed by atoms with van der Waals surface area (Å²) in [4.78, 5) is 0. The second kappa shape index (κ2) is 5.89. The number of fused-ring (bicyclic) bond motifs is 2. The topological polar surface area (TPSA) is 0 Å². The molecule has 5 rings (SSSR count). The van der Waals surface area contributed by atoms with Gasteiger partial charge in [-0.2, -0.15) is 0 Å². The lowest BCUT2D eigenvalue weighted by molar-refractivity contribution is 0.666. The maximum absolute atomic E-state index is 2.32. The molecule has 1 saturated carbocycles. The van der Waals surface area contributed by atoms with Crippen LogP contribution in [0.5, 0.6) is 0 Å². The van der Waals surface area contributed by atoms with Crippen molar-refractivity contribution in [2.24, 2.45) is 0 Å². The van der Waals surface area contributed by atoms with E-state index in [9.17, 15) is 0 Å². The molecule has 0 unspecified atom stereocenters. The summed E-state index contributed by atoms with van der Waals surface area (Å²) in [7, 11) is 0. The molecule has 1 fully saturated rings. The first-order chi connectivity index (χ1) is 12.4. The second-order valence-corrected chi connectivity index (χ2v) is 6.89. The summed E-state index contributed by atoms with van der Waals surface area (Å²) in [5.74, 6) is 0. The van der Waals surface area contributed by atoms with E-state index < -0.39 is 0 Å². The normalized spacial score (nSPS) is 13.8. The second-order valence-electron chi connectivity index (χ2n) is 6.89. The predicted octanol–water partition coefficient (Wildman–Crippen LogP) is 6.98. The highest BCUT2D eigenvalue weighted by atomic mass is 14.2. The summed E-state index contributed by atoms with van der Waals surface area (Å²) in [5.41, 5.74) is 5.82. The maximum Gasteiger partial charge on any atom is -0.00213 e. The fourth-order valence-electron chi connectivity index (χ4n) is 4.02. The third kappa shape index (κ3) is 2.37. The Morgan fingerprint density at radius 1 is 0.600 bits per heavy atom. The van der Waals surface area contributed by atoms with Gasteiger partial charge in [0.1, 0.15) is 0 Å². The largest absolute Gasteiger partial charge is 0.0622 e. The molecule has 4 aromatic carbocycles. The van der Waals surface area contributed by atoms with Gasteiger partial charge >= 0.3 is 0 Å². The molecule has 0 heteroatoms. The molecule has 0 heterocycles. The van der Waals surface area contributed by atoms with E-state index >= 15 is 0 Å². The summed E-state index contributed by atoms with van der Waals surface area (Å²) in [6.45, 7) is 0. The maximum atomic E-state index is 2.32. The zero-order valence-electron chi connectivity index (χ0n) is 14.2. The molecule has 0 saturated heterocycles. The zero-order valence-corrected chi connectivity index (χ0v) is 14.2. The van der Waals surface area contributed by atoms with Crippen LogP contribution in [-0.2, 0) is 0 Å². The summed E-state index contributed by atoms with van der Waals surface area (Å²) in [6, 6.07) is 30.9. The number of allylic oxidation sites excluding steroid dienone is 1. The third-order valence-electron chi connectivity index (χ3n) is 5.39. The van der Waals surface area contributed by atoms with Crippen molar-refractivity contribution >= 4 is 27.1 Å². The Hall–Kier alpha value is -2.86. The van der Waals surface area contributed by atoms with Gasteiger partial charge in [-0.15, -0.1) is 0 Å². The number of benzene rings is 4. The van der Waals surface area contributed by atoms with Gasteiger partial charge in [-0.05, 0) is 63.6 Å². The van der Waals surface area contributed by atoms with Gasteiger partial charge in [0.15, 0.2) is 0 Å². The van der Waals surface area contributed by atoms with Crippen LogP contribution in [0, 0.1) is 0 Å². The number of hydrogen-bond acceptors (Lipinski definition) is 0. The van der Waals surface area contributed by atoms with Crippen LogP contribution in [-0.4, -0.2) is 0 Å². The summed E-state index contributed by atoms with van der Waals surface area (Å²) < 4.78 is 0. The molecule has 0 N–H and O–H groups in total. The number of rotatable bonds is 2. The average Bonchev–Trinajstić information content (AvgIpc) is 2.63. The van der Waals surface area contributed by atoms with Crippen molar-refractivity contribution in [2.45, 2.75) is 19.3 Å². The highest BCUT2D eigenvalue weighted by Gasteiger charge is 2.21. The first-order valence-corrected chi connectivity index (χ1v) is 9.10. The molecule has 1 aliphatic rings. The highest BCUT2D eigenvalue weighted by molar-refractivity contribution is 6.11. The van der Waals surface area contributed by atoms with Gasteiger partial charge in [0, 0.05) is 0 Å². The Morgan fingerprint density at radius 2 is 1.16 bits per heavy atom. The quantitative estimate of drug-likeness (QED) is 0.349. The lowest BCUT2D eigenvalue weighted by Crippen LogP contribution is -2.04. The minimum absolute atomic E-state index is 1.22. The molecular formula is C25H20. The molecule has 1 aliphatic carbocycles. The Bertz CT molecular complexity index is 1040. The molecule has 0 amide bonds. The SMILES string of the molecule is c1ccc(C(=C2CCC2)c2c3ccccc3cc3ccccc23)cc1. The minimum atomic E-state index is 1.22. The molecule has 0 spiro atoms. The van der Waals surface area contributed by atoms with E-state index in [-0.39, 0.29) is 0 Å². The van der Waals surface area contributed by atoms with E-state index in [1.54, 1.807) is 5.57 Å². The molecule has 0 aromatic heterocycles. The first kappa shape index (κ1) is 14.5. The van der Waals surface area contributed by atoms with Gasteiger partial charge in [-0.1, -0.05) is 84.4 Å². The summed E-state index contributed by atoms with van der Waals surface area (Å²) in [6.07, 6.45) is 3.76. The molecule has 4 aromatic rings. The van der Waals surface area contributed by atoms with Crippen LogP contribution in [0.15, 0.2) is 90.5 Å². The van der Waals surface area contributed by atoms with Crippen LogP contribution in [0.4, 0.5) is 0 Å². The fraction of sp³-hybridized carbons (Fsp3) is 0.120. The minimum Gasteiger partial charge on any atom is -0.0622 e. The van der Waals surface area contributed by atoms with Gasteiger partial charge in [0.25, 0.3) is 0 Å². The van der Waals surface area contributed by atoms with Crippen molar-refractivity contribution in [1.82, 2.24) is 0 Å². The highest BCUT2D eigenvalue weighted by Crippen LogP contribution is 2.42. The Kier molecular flexibility index (Phi) is 3.41. The lowest BCUT2D eigenvalue weighted by atomic mass is 9.79. The Labute approximate surface area is 148 Å². The van der Waals surface area contributed by atoms with Crippen LogP contribution in [0.2, 0.25) is 0 Å². The molecule has 0 bridgehead atoms. The molecule has 0 aliphatic heterocycles. The van der Waals surface area contributed by atoms with Gasteiger partial charge in [0.05, 0.1) is 0 Å². The van der Waals surface area contributed by atoms with Crippen LogP contribution < -0.4 is 0 Å². The summed E-state index contributed by atoms with van der Waals surface area (Å²) in [5, 5.41) is 5.37. The smallest absolute Gasteiger partial charge is 0.00213 e. The lowest BCUT2D eigenvalue weighted by Gasteiger charge is -2.25. The van der Waals surface area contributed by atoms with Gasteiger partial charge in [0.2, 0.25) is 0 Å². The van der Waals surface area contributed by atoms with Crippen LogP contribution in [0.25, 0.3) is 27.1 Å². The van der Waals surface area contributed by atoms with E-state index in [0.717, 1.165) is 0 Å². The fourth-order valence-corrected chi connectivity index (χ4v) is 4.02. The van der Waals surface area contributed by atoms with E-state index in [2.05, 4.69) is 84.9 Å². The predicted molar refractivity (Wildman–Crippen MR) is 108 cm³/mol. The molecule has 25 heavy (non-hydrogen) atoms. The molecule has 0 atom stereocenters. The average molecular weight is 320 g/mol. The van der Waals surface area contributed by atoms with E-state index in [1.165, 1.54) is 57.5 Å². The van der Waals surface area contributed by atoms with Crippen molar-refractivity contribution in [3.05, 3.63) is 102 Å². The van der Waals surface area contributed by atoms with Crippen molar-refractivity contribution in [3.8, 4) is 0 Å². The number of hydrogen-bond donors (Lipinski definition) is 0. The van der Waals surface area contributed by atoms with Gasteiger partial charge in [-0.3, -0.25) is 0 Å².